The highest BCUT2D eigenvalue weighted by atomic mass is 79.9. The van der Waals surface area contributed by atoms with Crippen molar-refractivity contribution in [3.05, 3.63) is 69.4 Å². The minimum absolute atomic E-state index is 0.0173. The van der Waals surface area contributed by atoms with Crippen molar-refractivity contribution in [1.82, 2.24) is 5.32 Å². The molecule has 0 radical (unpaired) electrons. The first kappa shape index (κ1) is 13.2. The van der Waals surface area contributed by atoms with Crippen molar-refractivity contribution in [1.29, 1.82) is 0 Å². The van der Waals surface area contributed by atoms with E-state index in [0.29, 0.717) is 0 Å². The molecule has 2 rings (SSSR count). The maximum atomic E-state index is 13.4. The highest BCUT2D eigenvalue weighted by molar-refractivity contribution is 9.10. The van der Waals surface area contributed by atoms with E-state index in [2.05, 4.69) is 21.2 Å². The lowest BCUT2D eigenvalue weighted by Crippen LogP contribution is -2.19. The molecule has 94 valence electrons. The molecule has 0 heterocycles. The molecule has 18 heavy (non-hydrogen) atoms. The summed E-state index contributed by atoms with van der Waals surface area (Å²) in [4.78, 5) is 0. The van der Waals surface area contributed by atoms with Crippen LogP contribution in [-0.4, -0.2) is 7.05 Å². The van der Waals surface area contributed by atoms with Crippen LogP contribution in [0.1, 0.15) is 22.7 Å². The zero-order chi connectivity index (χ0) is 13.1. The van der Waals surface area contributed by atoms with Gasteiger partial charge in [0.2, 0.25) is 0 Å². The lowest BCUT2D eigenvalue weighted by atomic mass is 9.95. The average Bonchev–Trinajstić information content (AvgIpc) is 2.36. The first-order chi connectivity index (χ1) is 8.63. The van der Waals surface area contributed by atoms with Gasteiger partial charge >= 0.3 is 0 Å². The summed E-state index contributed by atoms with van der Waals surface area (Å²) in [5.41, 5.74) is 3.14. The van der Waals surface area contributed by atoms with Crippen molar-refractivity contribution < 1.29 is 4.39 Å². The highest BCUT2D eigenvalue weighted by Gasteiger charge is 2.16. The van der Waals surface area contributed by atoms with Crippen LogP contribution >= 0.6 is 15.9 Å². The lowest BCUT2D eigenvalue weighted by Gasteiger charge is -2.20. The molecule has 0 aromatic heterocycles. The summed E-state index contributed by atoms with van der Waals surface area (Å²) in [7, 11) is 1.88. The second-order valence-electron chi connectivity index (χ2n) is 4.24. The fourth-order valence-corrected chi connectivity index (χ4v) is 2.62. The second-order valence-corrected chi connectivity index (χ2v) is 5.10. The second kappa shape index (κ2) is 5.63. The van der Waals surface area contributed by atoms with Crippen LogP contribution in [0.4, 0.5) is 4.39 Å². The van der Waals surface area contributed by atoms with E-state index in [1.807, 2.05) is 44.3 Å². The van der Waals surface area contributed by atoms with Crippen molar-refractivity contribution in [2.75, 3.05) is 7.05 Å². The van der Waals surface area contributed by atoms with Gasteiger partial charge < -0.3 is 5.32 Å². The van der Waals surface area contributed by atoms with Crippen molar-refractivity contribution in [2.45, 2.75) is 13.0 Å². The Balaban J connectivity index is 2.52. The molecule has 0 spiro atoms. The van der Waals surface area contributed by atoms with Gasteiger partial charge in [0.15, 0.2) is 0 Å². The largest absolute Gasteiger partial charge is 0.309 e. The third-order valence-electron chi connectivity index (χ3n) is 3.06. The molecule has 1 atom stereocenters. The van der Waals surface area contributed by atoms with E-state index in [1.165, 1.54) is 6.07 Å². The van der Waals surface area contributed by atoms with E-state index in [0.717, 1.165) is 21.2 Å². The summed E-state index contributed by atoms with van der Waals surface area (Å²) < 4.78 is 14.4. The molecule has 1 unspecified atom stereocenters. The zero-order valence-corrected chi connectivity index (χ0v) is 12.0. The van der Waals surface area contributed by atoms with Crippen LogP contribution in [0.5, 0.6) is 0 Å². The number of hydrogen-bond acceptors (Lipinski definition) is 1. The Bertz CT molecular complexity index is 554. The standard InChI is InChI=1S/C15H15BrFN/c1-10-7-8-11(17)9-13(10)15(18-2)12-5-3-4-6-14(12)16/h3-9,15,18H,1-2H3. The molecule has 0 fully saturated rings. The summed E-state index contributed by atoms with van der Waals surface area (Å²) in [5.74, 6) is -0.206. The molecule has 0 bridgehead atoms. The van der Waals surface area contributed by atoms with E-state index in [4.69, 9.17) is 0 Å². The van der Waals surface area contributed by atoms with E-state index in [1.54, 1.807) is 6.07 Å². The lowest BCUT2D eigenvalue weighted by molar-refractivity contribution is 0.614. The minimum atomic E-state index is -0.206. The van der Waals surface area contributed by atoms with Crippen LogP contribution in [0.3, 0.4) is 0 Å². The maximum absolute atomic E-state index is 13.4. The zero-order valence-electron chi connectivity index (χ0n) is 10.4. The molecule has 0 aliphatic rings. The fraction of sp³-hybridized carbons (Fsp3) is 0.200. The van der Waals surface area contributed by atoms with Crippen molar-refractivity contribution >= 4 is 15.9 Å². The number of aryl methyl sites for hydroxylation is 1. The highest BCUT2D eigenvalue weighted by Crippen LogP contribution is 2.30. The molecule has 2 aromatic carbocycles. The molecular weight excluding hydrogens is 293 g/mol. The Kier molecular flexibility index (Phi) is 4.15. The van der Waals surface area contributed by atoms with E-state index in [9.17, 15) is 4.39 Å². The molecular formula is C15H15BrFN. The Morgan fingerprint density at radius 3 is 2.50 bits per heavy atom. The summed E-state index contributed by atoms with van der Waals surface area (Å²) in [6.45, 7) is 2.00. The fourth-order valence-electron chi connectivity index (χ4n) is 2.11. The predicted octanol–water partition coefficient (Wildman–Crippen LogP) is 4.21. The average molecular weight is 308 g/mol. The molecule has 0 saturated heterocycles. The molecule has 3 heteroatoms. The van der Waals surface area contributed by atoms with Gasteiger partial charge in [0.25, 0.3) is 0 Å². The molecule has 0 aliphatic carbocycles. The van der Waals surface area contributed by atoms with Crippen molar-refractivity contribution in [3.8, 4) is 0 Å². The van der Waals surface area contributed by atoms with Gasteiger partial charge in [-0.05, 0) is 48.9 Å². The molecule has 0 aliphatic heterocycles. The van der Waals surface area contributed by atoms with E-state index >= 15 is 0 Å². The Hall–Kier alpha value is -1.19. The van der Waals surface area contributed by atoms with Crippen LogP contribution < -0.4 is 5.32 Å². The first-order valence-electron chi connectivity index (χ1n) is 5.81. The molecule has 0 amide bonds. The van der Waals surface area contributed by atoms with Gasteiger partial charge in [0, 0.05) is 4.47 Å². The first-order valence-corrected chi connectivity index (χ1v) is 6.60. The summed E-state index contributed by atoms with van der Waals surface area (Å²) in [6.07, 6.45) is 0. The Morgan fingerprint density at radius 1 is 1.11 bits per heavy atom. The van der Waals surface area contributed by atoms with Crippen LogP contribution in [0.15, 0.2) is 46.9 Å². The van der Waals surface area contributed by atoms with E-state index in [-0.39, 0.29) is 11.9 Å². The van der Waals surface area contributed by atoms with Crippen molar-refractivity contribution in [2.24, 2.45) is 0 Å². The third kappa shape index (κ3) is 2.62. The number of nitrogens with one attached hydrogen (secondary N) is 1. The predicted molar refractivity (Wildman–Crippen MR) is 76.2 cm³/mol. The van der Waals surface area contributed by atoms with Gasteiger partial charge in [-0.2, -0.15) is 0 Å². The Morgan fingerprint density at radius 2 is 1.83 bits per heavy atom. The number of benzene rings is 2. The SMILES string of the molecule is CNC(c1cc(F)ccc1C)c1ccccc1Br. The van der Waals surface area contributed by atoms with Crippen LogP contribution in [0.25, 0.3) is 0 Å². The monoisotopic (exact) mass is 307 g/mol. The number of rotatable bonds is 3. The van der Waals surface area contributed by atoms with E-state index < -0.39 is 0 Å². The van der Waals surface area contributed by atoms with Crippen LogP contribution in [0.2, 0.25) is 0 Å². The molecule has 1 nitrogen and oxygen atoms in total. The summed E-state index contributed by atoms with van der Waals surface area (Å²) in [6, 6.07) is 12.9. The van der Waals surface area contributed by atoms with Gasteiger partial charge in [0.05, 0.1) is 6.04 Å². The van der Waals surface area contributed by atoms with Gasteiger partial charge in [-0.1, -0.05) is 40.2 Å². The van der Waals surface area contributed by atoms with Crippen LogP contribution in [0, 0.1) is 12.7 Å². The number of hydrogen-bond donors (Lipinski definition) is 1. The third-order valence-corrected chi connectivity index (χ3v) is 3.78. The summed E-state index contributed by atoms with van der Waals surface area (Å²) >= 11 is 3.54. The van der Waals surface area contributed by atoms with Gasteiger partial charge in [0.1, 0.15) is 5.82 Å². The Labute approximate surface area is 115 Å². The molecule has 0 saturated carbocycles. The molecule has 1 N–H and O–H groups in total. The van der Waals surface area contributed by atoms with Crippen LogP contribution in [-0.2, 0) is 0 Å². The minimum Gasteiger partial charge on any atom is -0.309 e. The quantitative estimate of drug-likeness (QED) is 0.896. The molecule has 2 aromatic rings. The smallest absolute Gasteiger partial charge is 0.123 e. The maximum Gasteiger partial charge on any atom is 0.123 e. The normalized spacial score (nSPS) is 12.4. The topological polar surface area (TPSA) is 12.0 Å². The number of halogens is 2. The van der Waals surface area contributed by atoms with Gasteiger partial charge in [-0.3, -0.25) is 0 Å². The van der Waals surface area contributed by atoms with Gasteiger partial charge in [-0.15, -0.1) is 0 Å². The van der Waals surface area contributed by atoms with Crippen molar-refractivity contribution in [3.63, 3.8) is 0 Å². The van der Waals surface area contributed by atoms with Gasteiger partial charge in [-0.25, -0.2) is 4.39 Å². The summed E-state index contributed by atoms with van der Waals surface area (Å²) in [5, 5.41) is 3.25.